The van der Waals surface area contributed by atoms with Crippen molar-refractivity contribution in [3.05, 3.63) is 15.8 Å². The summed E-state index contributed by atoms with van der Waals surface area (Å²) in [4.78, 5) is 16.6. The summed E-state index contributed by atoms with van der Waals surface area (Å²) in [6.07, 6.45) is 3.84. The van der Waals surface area contributed by atoms with Crippen LogP contribution in [0.1, 0.15) is 35.4 Å². The smallest absolute Gasteiger partial charge is 0.244 e. The van der Waals surface area contributed by atoms with Gasteiger partial charge in [0, 0.05) is 42.4 Å². The number of carbonyl (C=O) groups is 1. The molecule has 0 unspecified atom stereocenters. The summed E-state index contributed by atoms with van der Waals surface area (Å²) in [6.45, 7) is 7.64. The van der Waals surface area contributed by atoms with Crippen LogP contribution in [0.25, 0.3) is 0 Å². The number of amides is 1. The first-order chi connectivity index (χ1) is 12.4. The Bertz CT molecular complexity index is 737. The molecule has 27 heavy (non-hydrogen) atoms. The van der Waals surface area contributed by atoms with Crippen LogP contribution in [0, 0.1) is 19.8 Å². The van der Waals surface area contributed by atoms with Gasteiger partial charge in [0.15, 0.2) is 0 Å². The molecular formula is C18H30ClN3O3S2. The third-order valence-corrected chi connectivity index (χ3v) is 8.55. The number of rotatable bonds is 5. The third kappa shape index (κ3) is 5.44. The molecule has 0 aromatic carbocycles. The molecule has 9 heteroatoms. The van der Waals surface area contributed by atoms with Crippen LogP contribution in [0.3, 0.4) is 0 Å². The monoisotopic (exact) mass is 435 g/mol. The highest BCUT2D eigenvalue weighted by atomic mass is 35.5. The summed E-state index contributed by atoms with van der Waals surface area (Å²) >= 11 is 1.51. The van der Waals surface area contributed by atoms with E-state index in [2.05, 4.69) is 5.32 Å². The standard InChI is InChI=1S/C18H29N3O3S2.ClH/c1-14-13-17(15(2)25-14)26(23,24)21-11-9-20(10-12-21)18(22)4-3-16-5-7-19-8-6-16;/h13,16,19H,3-12H2,1-2H3;1H. The maximum absolute atomic E-state index is 12.9. The molecule has 3 rings (SSSR count). The molecule has 0 saturated carbocycles. The molecule has 1 N–H and O–H groups in total. The van der Waals surface area contributed by atoms with Crippen molar-refractivity contribution in [3.63, 3.8) is 0 Å². The van der Waals surface area contributed by atoms with E-state index in [1.165, 1.54) is 15.6 Å². The zero-order valence-electron chi connectivity index (χ0n) is 16.1. The lowest BCUT2D eigenvalue weighted by molar-refractivity contribution is -0.132. The van der Waals surface area contributed by atoms with Crippen molar-refractivity contribution < 1.29 is 13.2 Å². The molecule has 0 radical (unpaired) electrons. The number of hydrogen-bond acceptors (Lipinski definition) is 5. The molecule has 0 spiro atoms. The fraction of sp³-hybridized carbons (Fsp3) is 0.722. The second kappa shape index (κ2) is 9.69. The van der Waals surface area contributed by atoms with Gasteiger partial charge in [0.2, 0.25) is 15.9 Å². The van der Waals surface area contributed by atoms with E-state index in [1.807, 2.05) is 18.7 Å². The van der Waals surface area contributed by atoms with Crippen molar-refractivity contribution in [3.8, 4) is 0 Å². The molecule has 154 valence electrons. The summed E-state index contributed by atoms with van der Waals surface area (Å²) in [7, 11) is -3.45. The normalized spacial score (nSPS) is 19.7. The SMILES string of the molecule is Cc1cc(S(=O)(=O)N2CCN(C(=O)CCC3CCNCC3)CC2)c(C)s1.Cl. The Morgan fingerprint density at radius 3 is 2.37 bits per heavy atom. The maximum atomic E-state index is 12.9. The Kier molecular flexibility index (Phi) is 8.12. The Hall–Kier alpha value is -0.670. The number of carbonyl (C=O) groups excluding carboxylic acids is 1. The number of hydrogen-bond donors (Lipinski definition) is 1. The van der Waals surface area contributed by atoms with E-state index in [-0.39, 0.29) is 18.3 Å². The number of piperazine rings is 1. The van der Waals surface area contributed by atoms with E-state index < -0.39 is 10.0 Å². The lowest BCUT2D eigenvalue weighted by Gasteiger charge is -2.34. The van der Waals surface area contributed by atoms with Gasteiger partial charge in [0.1, 0.15) is 0 Å². The molecule has 1 aromatic rings. The fourth-order valence-electron chi connectivity index (χ4n) is 3.84. The lowest BCUT2D eigenvalue weighted by Crippen LogP contribution is -2.50. The van der Waals surface area contributed by atoms with E-state index in [1.54, 1.807) is 6.07 Å². The van der Waals surface area contributed by atoms with Crippen LogP contribution in [0.5, 0.6) is 0 Å². The van der Waals surface area contributed by atoms with Crippen LogP contribution >= 0.6 is 23.7 Å². The summed E-state index contributed by atoms with van der Waals surface area (Å²) in [5.74, 6) is 0.815. The summed E-state index contributed by atoms with van der Waals surface area (Å²) in [5.41, 5.74) is 0. The van der Waals surface area contributed by atoms with E-state index >= 15 is 0 Å². The molecule has 0 atom stereocenters. The minimum atomic E-state index is -3.45. The number of thiophene rings is 1. The highest BCUT2D eigenvalue weighted by molar-refractivity contribution is 7.89. The van der Waals surface area contributed by atoms with Gasteiger partial charge < -0.3 is 10.2 Å². The Labute approximate surface area is 172 Å². The summed E-state index contributed by atoms with van der Waals surface area (Å²) < 4.78 is 27.2. The van der Waals surface area contributed by atoms with Crippen molar-refractivity contribution >= 4 is 39.7 Å². The number of nitrogens with one attached hydrogen (secondary N) is 1. The molecule has 0 aliphatic carbocycles. The molecule has 3 heterocycles. The number of aryl methyl sites for hydroxylation is 2. The zero-order valence-corrected chi connectivity index (χ0v) is 18.5. The molecule has 2 aliphatic rings. The fourth-order valence-corrected chi connectivity index (χ4v) is 6.78. The molecular weight excluding hydrogens is 406 g/mol. The topological polar surface area (TPSA) is 69.7 Å². The number of sulfonamides is 1. The number of halogens is 1. The molecule has 6 nitrogen and oxygen atoms in total. The second-order valence-corrected chi connectivity index (χ2v) is 10.7. The Morgan fingerprint density at radius 2 is 1.81 bits per heavy atom. The van der Waals surface area contributed by atoms with Gasteiger partial charge >= 0.3 is 0 Å². The van der Waals surface area contributed by atoms with Crippen LogP contribution in [-0.4, -0.2) is 62.8 Å². The van der Waals surface area contributed by atoms with Gasteiger partial charge in [-0.15, -0.1) is 23.7 Å². The molecule has 1 amide bonds. The van der Waals surface area contributed by atoms with Crippen molar-refractivity contribution in [2.75, 3.05) is 39.3 Å². The van der Waals surface area contributed by atoms with E-state index in [0.717, 1.165) is 42.1 Å². The van der Waals surface area contributed by atoms with Crippen LogP contribution in [0.15, 0.2) is 11.0 Å². The molecule has 2 saturated heterocycles. The quantitative estimate of drug-likeness (QED) is 0.770. The summed E-state index contributed by atoms with van der Waals surface area (Å²) in [5, 5.41) is 3.35. The number of nitrogens with zero attached hydrogens (tertiary/aromatic N) is 2. The average molecular weight is 436 g/mol. The highest BCUT2D eigenvalue weighted by Gasteiger charge is 2.31. The van der Waals surface area contributed by atoms with E-state index in [4.69, 9.17) is 0 Å². The molecule has 1 aromatic heterocycles. The first-order valence-electron chi connectivity index (χ1n) is 9.43. The third-order valence-electron chi connectivity index (χ3n) is 5.43. The summed E-state index contributed by atoms with van der Waals surface area (Å²) in [6, 6.07) is 1.76. The minimum Gasteiger partial charge on any atom is -0.340 e. The van der Waals surface area contributed by atoms with Gasteiger partial charge in [-0.2, -0.15) is 4.31 Å². The molecule has 2 aliphatic heterocycles. The zero-order chi connectivity index (χ0) is 18.7. The molecule has 0 bridgehead atoms. The second-order valence-electron chi connectivity index (χ2n) is 7.29. The van der Waals surface area contributed by atoms with Crippen LogP contribution in [0.4, 0.5) is 0 Å². The van der Waals surface area contributed by atoms with Crippen LogP contribution in [0.2, 0.25) is 0 Å². The lowest BCUT2D eigenvalue weighted by atomic mass is 9.93. The molecule has 2 fully saturated rings. The van der Waals surface area contributed by atoms with Gasteiger partial charge in [-0.1, -0.05) is 0 Å². The van der Waals surface area contributed by atoms with E-state index in [0.29, 0.717) is 43.4 Å². The predicted molar refractivity (Wildman–Crippen MR) is 111 cm³/mol. The highest BCUT2D eigenvalue weighted by Crippen LogP contribution is 2.28. The van der Waals surface area contributed by atoms with Gasteiger partial charge in [-0.25, -0.2) is 8.42 Å². The average Bonchev–Trinajstić information content (AvgIpc) is 2.99. The first-order valence-corrected chi connectivity index (χ1v) is 11.7. The largest absolute Gasteiger partial charge is 0.340 e. The minimum absolute atomic E-state index is 0. The van der Waals surface area contributed by atoms with Crippen molar-refractivity contribution in [1.82, 2.24) is 14.5 Å². The van der Waals surface area contributed by atoms with Crippen LogP contribution in [-0.2, 0) is 14.8 Å². The van der Waals surface area contributed by atoms with E-state index in [9.17, 15) is 13.2 Å². The predicted octanol–water partition coefficient (Wildman–Crippen LogP) is 2.40. The van der Waals surface area contributed by atoms with Crippen LogP contribution < -0.4 is 5.32 Å². The van der Waals surface area contributed by atoms with Gasteiger partial charge in [0.05, 0.1) is 4.90 Å². The van der Waals surface area contributed by atoms with Gasteiger partial charge in [-0.05, 0) is 58.2 Å². The van der Waals surface area contributed by atoms with Gasteiger partial charge in [0.25, 0.3) is 0 Å². The first kappa shape index (κ1) is 22.6. The maximum Gasteiger partial charge on any atom is 0.244 e. The Morgan fingerprint density at radius 1 is 1.19 bits per heavy atom. The number of piperidine rings is 1. The van der Waals surface area contributed by atoms with Gasteiger partial charge in [-0.3, -0.25) is 4.79 Å². The van der Waals surface area contributed by atoms with Crippen molar-refractivity contribution in [2.24, 2.45) is 5.92 Å². The van der Waals surface area contributed by atoms with Crippen molar-refractivity contribution in [1.29, 1.82) is 0 Å². The Balaban J connectivity index is 0.00000261. The van der Waals surface area contributed by atoms with Crippen molar-refractivity contribution in [2.45, 2.75) is 44.4 Å².